The summed E-state index contributed by atoms with van der Waals surface area (Å²) >= 11 is 0. The summed E-state index contributed by atoms with van der Waals surface area (Å²) < 4.78 is 14.1. The van der Waals surface area contributed by atoms with Gasteiger partial charge in [-0.3, -0.25) is 9.80 Å². The summed E-state index contributed by atoms with van der Waals surface area (Å²) in [6.45, 7) is 4.64. The van der Waals surface area contributed by atoms with Gasteiger partial charge in [-0.25, -0.2) is 0 Å². The zero-order valence-corrected chi connectivity index (χ0v) is 26.4. The SMILES string of the molecule is CC1(C)c2ccccc2-c2ccc3c4c(oc3c21)N1c2c(cccc2N4c2ccccc2)N(c2ccccc2)c2oc3ccccc3c21. The van der Waals surface area contributed by atoms with Gasteiger partial charge in [-0.15, -0.1) is 0 Å². The van der Waals surface area contributed by atoms with Crippen LogP contribution in [-0.4, -0.2) is 0 Å². The molecule has 2 aliphatic heterocycles. The second kappa shape index (κ2) is 8.99. The van der Waals surface area contributed by atoms with Crippen LogP contribution in [0.4, 0.5) is 51.6 Å². The lowest BCUT2D eigenvalue weighted by atomic mass is 9.82. The van der Waals surface area contributed by atoms with Gasteiger partial charge in [-0.05, 0) is 71.3 Å². The smallest absolute Gasteiger partial charge is 0.230 e. The first kappa shape index (κ1) is 25.9. The van der Waals surface area contributed by atoms with E-state index in [9.17, 15) is 0 Å². The van der Waals surface area contributed by atoms with Crippen molar-refractivity contribution in [3.05, 3.63) is 151 Å². The Kier molecular flexibility index (Phi) is 4.86. The Hall–Kier alpha value is -6.20. The molecule has 0 atom stereocenters. The molecule has 228 valence electrons. The number of para-hydroxylation sites is 4. The van der Waals surface area contributed by atoms with E-state index in [0.717, 1.165) is 73.5 Å². The molecule has 48 heavy (non-hydrogen) atoms. The molecule has 0 fully saturated rings. The summed E-state index contributed by atoms with van der Waals surface area (Å²) in [5.74, 6) is 1.55. The van der Waals surface area contributed by atoms with Gasteiger partial charge >= 0.3 is 0 Å². The minimum Gasteiger partial charge on any atom is -0.437 e. The van der Waals surface area contributed by atoms with Crippen LogP contribution < -0.4 is 14.7 Å². The maximum atomic E-state index is 7.34. The van der Waals surface area contributed by atoms with Gasteiger partial charge < -0.3 is 13.7 Å². The van der Waals surface area contributed by atoms with Crippen LogP contribution in [-0.2, 0) is 5.41 Å². The average Bonchev–Trinajstić information content (AvgIpc) is 3.77. The molecule has 2 aromatic heterocycles. The number of hydrogen-bond donors (Lipinski definition) is 0. The highest BCUT2D eigenvalue weighted by Gasteiger charge is 2.46. The van der Waals surface area contributed by atoms with E-state index in [1.807, 2.05) is 6.07 Å². The van der Waals surface area contributed by atoms with Crippen molar-refractivity contribution in [1.29, 1.82) is 0 Å². The van der Waals surface area contributed by atoms with E-state index in [0.29, 0.717) is 0 Å². The molecule has 6 aromatic carbocycles. The van der Waals surface area contributed by atoms with E-state index in [1.54, 1.807) is 0 Å². The van der Waals surface area contributed by atoms with E-state index in [-0.39, 0.29) is 5.41 Å². The Bertz CT molecular complexity index is 2620. The second-order valence-electron chi connectivity index (χ2n) is 13.4. The number of nitrogens with zero attached hydrogens (tertiary/aromatic N) is 3. The zero-order valence-electron chi connectivity index (χ0n) is 26.4. The monoisotopic (exact) mass is 619 g/mol. The maximum Gasteiger partial charge on any atom is 0.230 e. The lowest BCUT2D eigenvalue weighted by molar-refractivity contribution is 0.588. The van der Waals surface area contributed by atoms with E-state index < -0.39 is 0 Å². The van der Waals surface area contributed by atoms with Crippen LogP contribution >= 0.6 is 0 Å². The van der Waals surface area contributed by atoms with Crippen molar-refractivity contribution in [3.8, 4) is 11.1 Å². The molecule has 0 saturated carbocycles. The highest BCUT2D eigenvalue weighted by molar-refractivity contribution is 6.20. The molecular formula is C43H29N3O2. The average molecular weight is 620 g/mol. The van der Waals surface area contributed by atoms with Crippen molar-refractivity contribution in [1.82, 2.24) is 0 Å². The van der Waals surface area contributed by atoms with Gasteiger partial charge in [0.15, 0.2) is 0 Å². The van der Waals surface area contributed by atoms with Crippen molar-refractivity contribution < 1.29 is 8.83 Å². The van der Waals surface area contributed by atoms with Crippen LogP contribution in [0.15, 0.2) is 148 Å². The predicted octanol–water partition coefficient (Wildman–Crippen LogP) is 12.5. The Morgan fingerprint density at radius 2 is 1.08 bits per heavy atom. The molecule has 8 aromatic rings. The number of fused-ring (bicyclic) bond motifs is 12. The largest absolute Gasteiger partial charge is 0.437 e. The highest BCUT2D eigenvalue weighted by atomic mass is 16.4. The van der Waals surface area contributed by atoms with Crippen molar-refractivity contribution in [2.75, 3.05) is 14.7 Å². The number of furan rings is 2. The van der Waals surface area contributed by atoms with Crippen LogP contribution in [0.2, 0.25) is 0 Å². The predicted molar refractivity (Wildman–Crippen MR) is 195 cm³/mol. The quantitative estimate of drug-likeness (QED) is 0.192. The molecule has 1 aliphatic carbocycles. The summed E-state index contributed by atoms with van der Waals surface area (Å²) in [6.07, 6.45) is 0. The number of hydrogen-bond acceptors (Lipinski definition) is 5. The first-order chi connectivity index (χ1) is 23.6. The van der Waals surface area contributed by atoms with Crippen LogP contribution in [0.3, 0.4) is 0 Å². The molecule has 0 bridgehead atoms. The third-order valence-electron chi connectivity index (χ3n) is 10.5. The van der Waals surface area contributed by atoms with E-state index in [2.05, 4.69) is 162 Å². The molecule has 11 rings (SSSR count). The fourth-order valence-electron chi connectivity index (χ4n) is 8.47. The summed E-state index contributed by atoms with van der Waals surface area (Å²) in [5.41, 5.74) is 13.9. The third-order valence-corrected chi connectivity index (χ3v) is 10.5. The first-order valence-electron chi connectivity index (χ1n) is 16.5. The van der Waals surface area contributed by atoms with Gasteiger partial charge in [-0.2, -0.15) is 0 Å². The van der Waals surface area contributed by atoms with Gasteiger partial charge in [0.05, 0.1) is 17.1 Å². The van der Waals surface area contributed by atoms with E-state index in [1.165, 1.54) is 22.3 Å². The minimum atomic E-state index is -0.235. The van der Waals surface area contributed by atoms with Gasteiger partial charge in [0, 0.05) is 33.1 Å². The molecule has 4 heterocycles. The fraction of sp³-hybridized carbons (Fsp3) is 0.0698. The maximum absolute atomic E-state index is 7.34. The lowest BCUT2D eigenvalue weighted by Crippen LogP contribution is -2.29. The molecule has 5 heteroatoms. The Balaban J connectivity index is 1.29. The summed E-state index contributed by atoms with van der Waals surface area (Å²) in [5, 5.41) is 2.12. The number of benzene rings is 6. The van der Waals surface area contributed by atoms with E-state index >= 15 is 0 Å². The molecule has 0 N–H and O–H groups in total. The minimum absolute atomic E-state index is 0.235. The topological polar surface area (TPSA) is 36.0 Å². The van der Waals surface area contributed by atoms with Crippen LogP contribution in [0.5, 0.6) is 0 Å². The van der Waals surface area contributed by atoms with E-state index in [4.69, 9.17) is 8.83 Å². The number of rotatable bonds is 2. The second-order valence-corrected chi connectivity index (χ2v) is 13.4. The van der Waals surface area contributed by atoms with Gasteiger partial charge in [0.2, 0.25) is 11.8 Å². The van der Waals surface area contributed by atoms with Crippen molar-refractivity contribution in [3.63, 3.8) is 0 Å². The molecule has 0 spiro atoms. The van der Waals surface area contributed by atoms with Gasteiger partial charge in [0.25, 0.3) is 0 Å². The first-order valence-corrected chi connectivity index (χ1v) is 16.5. The lowest BCUT2D eigenvalue weighted by Gasteiger charge is -2.43. The van der Waals surface area contributed by atoms with Crippen LogP contribution in [0.1, 0.15) is 25.0 Å². The van der Waals surface area contributed by atoms with Crippen LogP contribution in [0.25, 0.3) is 33.1 Å². The Labute approximate surface area is 277 Å². The summed E-state index contributed by atoms with van der Waals surface area (Å²) in [7, 11) is 0. The molecular weight excluding hydrogens is 590 g/mol. The Morgan fingerprint density at radius 3 is 1.88 bits per heavy atom. The number of anilines is 9. The third kappa shape index (κ3) is 3.11. The van der Waals surface area contributed by atoms with Crippen LogP contribution in [0, 0.1) is 0 Å². The van der Waals surface area contributed by atoms with Gasteiger partial charge in [0.1, 0.15) is 22.5 Å². The fourth-order valence-corrected chi connectivity index (χ4v) is 8.47. The van der Waals surface area contributed by atoms with Gasteiger partial charge in [-0.1, -0.05) is 98.8 Å². The zero-order chi connectivity index (χ0) is 31.7. The molecule has 0 unspecified atom stereocenters. The molecule has 0 radical (unpaired) electrons. The van der Waals surface area contributed by atoms with Crippen molar-refractivity contribution in [2.45, 2.75) is 19.3 Å². The molecule has 5 nitrogen and oxygen atoms in total. The normalized spacial score (nSPS) is 14.9. The highest BCUT2D eigenvalue weighted by Crippen LogP contribution is 2.67. The molecule has 0 saturated heterocycles. The molecule has 0 amide bonds. The Morgan fingerprint density at radius 1 is 0.458 bits per heavy atom. The van der Waals surface area contributed by atoms with Crippen molar-refractivity contribution >= 4 is 73.5 Å². The summed E-state index contributed by atoms with van der Waals surface area (Å²) in [4.78, 5) is 6.95. The standard InChI is InChI=1S/C43H29N3O2/c1-43(2)32-20-11-9-18-28(32)29-24-25-31-38-42(48-40(31)36(29)43)46-37-30-19-10-12-23-35(30)47-41(37)45(27-16-7-4-8-17-27)34-22-13-21-33(39(34)46)44(38)26-14-5-3-6-15-26/h3-25H,1-2H3. The van der Waals surface area contributed by atoms with Crippen molar-refractivity contribution in [2.24, 2.45) is 0 Å². The summed E-state index contributed by atoms with van der Waals surface area (Å²) in [6, 6.07) is 49.3. The molecule has 3 aliphatic rings.